The zero-order chi connectivity index (χ0) is 45.9. The molecule has 334 valence electrons. The monoisotopic (exact) mass is 899 g/mol. The Bertz CT molecular complexity index is 4010. The van der Waals surface area contributed by atoms with Gasteiger partial charge in [0.2, 0.25) is 0 Å². The molecule has 4 aliphatic carbocycles. The third-order valence-electron chi connectivity index (χ3n) is 16.0. The SMILES string of the molecule is C1=CCC(C2=NC(C3=Cc4ccc5ccccc5c4CC3)NC(c3cccc4c(N5C6=Cc7cccc(-n8c9ccccc9c9c%10ccccc%10ccc98)c7CC6C6=C5CCC=C6)cccc34)=N2)C=C1. The maximum Gasteiger partial charge on any atom is 0.144 e. The first-order chi connectivity index (χ1) is 34.7. The number of allylic oxidation sites excluding steroid dienone is 7. The van der Waals surface area contributed by atoms with Gasteiger partial charge in [-0.15, -0.1) is 0 Å². The highest BCUT2D eigenvalue weighted by Gasteiger charge is 2.40. The Hall–Kier alpha value is -8.28. The summed E-state index contributed by atoms with van der Waals surface area (Å²) >= 11 is 0. The number of amidine groups is 2. The Morgan fingerprint density at radius 2 is 1.34 bits per heavy atom. The molecule has 3 atom stereocenters. The summed E-state index contributed by atoms with van der Waals surface area (Å²) in [7, 11) is 0. The second kappa shape index (κ2) is 15.6. The predicted octanol–water partition coefficient (Wildman–Crippen LogP) is 15.1. The molecular formula is C65H49N5. The Morgan fingerprint density at radius 1 is 0.571 bits per heavy atom. The molecule has 70 heavy (non-hydrogen) atoms. The summed E-state index contributed by atoms with van der Waals surface area (Å²) in [5.74, 6) is 2.14. The minimum atomic E-state index is -0.208. The van der Waals surface area contributed by atoms with Crippen LogP contribution in [0.2, 0.25) is 0 Å². The van der Waals surface area contributed by atoms with Gasteiger partial charge < -0.3 is 14.8 Å². The molecule has 15 rings (SSSR count). The van der Waals surface area contributed by atoms with Crippen molar-refractivity contribution in [2.75, 3.05) is 4.90 Å². The fourth-order valence-electron chi connectivity index (χ4n) is 12.8. The molecule has 0 fully saturated rings. The van der Waals surface area contributed by atoms with Gasteiger partial charge in [-0.1, -0.05) is 170 Å². The fraction of sp³-hybridized carbons (Fsp3) is 0.138. The third-order valence-corrected chi connectivity index (χ3v) is 16.0. The number of hydrogen-bond acceptors (Lipinski definition) is 4. The summed E-state index contributed by atoms with van der Waals surface area (Å²) in [4.78, 5) is 13.5. The zero-order valence-electron chi connectivity index (χ0n) is 38.8. The van der Waals surface area contributed by atoms with E-state index in [9.17, 15) is 0 Å². The standard InChI is InChI=1S/C65H49N5/c1-2-17-42(18-3-1)63-66-64(45-33-35-47-44(37-45)32-31-40-15-4-6-20-46(40)47)68-65(67-63)52-26-13-25-50-49(52)24-14-30-57(50)70-56-27-10-8-22-51(56)55-39-54-43(38-61(55)70)19-12-29-59(54)69-58-28-11-9-23-53(58)62-48-21-7-5-16-41(48)34-36-60(62)69/h1-9,11-17,19-26,28-32,34,36-38,42,55,64H,10,18,27,33,35,39H2,(H,66,67,68). The summed E-state index contributed by atoms with van der Waals surface area (Å²) in [6.45, 7) is 0. The second-order valence-corrected chi connectivity index (χ2v) is 19.8. The van der Waals surface area contributed by atoms with Crippen LogP contribution in [-0.4, -0.2) is 22.4 Å². The first kappa shape index (κ1) is 39.7. The Labute approximate surface area is 407 Å². The second-order valence-electron chi connectivity index (χ2n) is 19.8. The van der Waals surface area contributed by atoms with Crippen molar-refractivity contribution < 1.29 is 0 Å². The predicted molar refractivity (Wildman–Crippen MR) is 293 cm³/mol. The Kier molecular flexibility index (Phi) is 8.86. The number of fused-ring (bicyclic) bond motifs is 12. The van der Waals surface area contributed by atoms with Crippen LogP contribution in [0.4, 0.5) is 5.69 Å². The van der Waals surface area contributed by atoms with E-state index in [1.54, 1.807) is 0 Å². The van der Waals surface area contributed by atoms with Crippen LogP contribution in [0.25, 0.3) is 72.0 Å². The molecule has 9 aromatic rings. The topological polar surface area (TPSA) is 44.9 Å². The lowest BCUT2D eigenvalue weighted by atomic mass is 9.82. The first-order valence-electron chi connectivity index (χ1n) is 25.2. The Morgan fingerprint density at radius 3 is 2.26 bits per heavy atom. The Balaban J connectivity index is 0.846. The van der Waals surface area contributed by atoms with Gasteiger partial charge in [0, 0.05) is 50.6 Å². The zero-order valence-corrected chi connectivity index (χ0v) is 38.8. The van der Waals surface area contributed by atoms with Gasteiger partial charge in [0.25, 0.3) is 0 Å². The lowest BCUT2D eigenvalue weighted by Crippen LogP contribution is -2.41. The van der Waals surface area contributed by atoms with Crippen LogP contribution in [0, 0.1) is 11.8 Å². The van der Waals surface area contributed by atoms with Crippen molar-refractivity contribution in [3.05, 3.63) is 238 Å². The number of anilines is 1. The van der Waals surface area contributed by atoms with Crippen molar-refractivity contribution in [3.63, 3.8) is 0 Å². The molecule has 3 unspecified atom stereocenters. The van der Waals surface area contributed by atoms with Crippen LogP contribution in [0.1, 0.15) is 53.5 Å². The lowest BCUT2D eigenvalue weighted by Gasteiger charge is -2.32. The summed E-state index contributed by atoms with van der Waals surface area (Å²) in [5, 5.41) is 14.2. The van der Waals surface area contributed by atoms with E-state index >= 15 is 0 Å². The molecule has 5 nitrogen and oxygen atoms in total. The molecule has 0 radical (unpaired) electrons. The maximum absolute atomic E-state index is 5.42. The number of benzene rings is 8. The minimum Gasteiger partial charge on any atom is -0.344 e. The van der Waals surface area contributed by atoms with E-state index in [1.807, 2.05) is 0 Å². The van der Waals surface area contributed by atoms with E-state index in [1.165, 1.54) is 110 Å². The van der Waals surface area contributed by atoms with Gasteiger partial charge >= 0.3 is 0 Å². The van der Waals surface area contributed by atoms with E-state index in [2.05, 4.69) is 215 Å². The normalized spacial score (nSPS) is 20.3. The number of aryl methyl sites for hydroxylation is 1. The molecule has 0 bridgehead atoms. The highest BCUT2D eigenvalue weighted by molar-refractivity contribution is 6.21. The number of aliphatic imine (C=N–C) groups is 2. The van der Waals surface area contributed by atoms with Crippen molar-refractivity contribution in [2.24, 2.45) is 21.8 Å². The van der Waals surface area contributed by atoms with Crippen LogP contribution >= 0.6 is 0 Å². The van der Waals surface area contributed by atoms with Crippen LogP contribution in [0.3, 0.4) is 0 Å². The van der Waals surface area contributed by atoms with Crippen molar-refractivity contribution in [2.45, 2.75) is 44.7 Å². The van der Waals surface area contributed by atoms with E-state index in [-0.39, 0.29) is 18.0 Å². The van der Waals surface area contributed by atoms with Gasteiger partial charge in [-0.2, -0.15) is 0 Å². The van der Waals surface area contributed by atoms with E-state index in [0.717, 1.165) is 55.8 Å². The molecule has 8 aromatic carbocycles. The average Bonchev–Trinajstić information content (AvgIpc) is 3.94. The molecule has 0 saturated heterocycles. The summed E-state index contributed by atoms with van der Waals surface area (Å²) in [6.07, 6.45) is 24.1. The quantitative estimate of drug-likeness (QED) is 0.187. The van der Waals surface area contributed by atoms with Crippen LogP contribution in [0.15, 0.2) is 221 Å². The minimum absolute atomic E-state index is 0.123. The van der Waals surface area contributed by atoms with Gasteiger partial charge in [-0.05, 0) is 129 Å². The molecule has 0 saturated carbocycles. The molecule has 5 heteroatoms. The molecule has 1 N–H and O–H groups in total. The average molecular weight is 900 g/mol. The van der Waals surface area contributed by atoms with Crippen molar-refractivity contribution in [1.82, 2.24) is 9.88 Å². The van der Waals surface area contributed by atoms with Crippen molar-refractivity contribution >= 4 is 83.6 Å². The number of nitrogens with one attached hydrogen (secondary N) is 1. The lowest BCUT2D eigenvalue weighted by molar-refractivity contribution is 0.666. The molecule has 1 aromatic heterocycles. The van der Waals surface area contributed by atoms with Gasteiger partial charge in [-0.25, -0.2) is 9.98 Å². The number of aromatic nitrogens is 1. The van der Waals surface area contributed by atoms with Gasteiger partial charge in [0.15, 0.2) is 0 Å². The smallest absolute Gasteiger partial charge is 0.144 e. The van der Waals surface area contributed by atoms with E-state index < -0.39 is 0 Å². The van der Waals surface area contributed by atoms with Gasteiger partial charge in [0.05, 0.1) is 16.7 Å². The molecule has 0 amide bonds. The molecule has 0 spiro atoms. The van der Waals surface area contributed by atoms with Gasteiger partial charge in [-0.3, -0.25) is 0 Å². The van der Waals surface area contributed by atoms with Crippen LogP contribution in [0.5, 0.6) is 0 Å². The van der Waals surface area contributed by atoms with E-state index in [0.29, 0.717) is 0 Å². The molecule has 2 aliphatic heterocycles. The number of para-hydroxylation sites is 1. The highest BCUT2D eigenvalue weighted by Crippen LogP contribution is 2.52. The number of rotatable bonds is 5. The van der Waals surface area contributed by atoms with Gasteiger partial charge in [0.1, 0.15) is 17.8 Å². The largest absolute Gasteiger partial charge is 0.344 e. The molecular weight excluding hydrogens is 851 g/mol. The maximum atomic E-state index is 5.42. The summed E-state index contributed by atoms with van der Waals surface area (Å²) in [6, 6.07) is 56.3. The molecule has 6 aliphatic rings. The fourth-order valence-corrected chi connectivity index (χ4v) is 12.8. The summed E-state index contributed by atoms with van der Waals surface area (Å²) < 4.78 is 2.54. The van der Waals surface area contributed by atoms with Crippen molar-refractivity contribution in [1.29, 1.82) is 0 Å². The first-order valence-corrected chi connectivity index (χ1v) is 25.2. The third kappa shape index (κ3) is 6.03. The highest BCUT2D eigenvalue weighted by atomic mass is 15.2. The van der Waals surface area contributed by atoms with Crippen molar-refractivity contribution in [3.8, 4) is 5.69 Å². The summed E-state index contributed by atoms with van der Waals surface area (Å²) in [5.41, 5.74) is 17.1. The number of nitrogens with zero attached hydrogens (tertiary/aromatic N) is 4. The van der Waals surface area contributed by atoms with E-state index in [4.69, 9.17) is 9.98 Å². The van der Waals surface area contributed by atoms with Crippen LogP contribution in [-0.2, 0) is 12.8 Å². The van der Waals surface area contributed by atoms with Crippen LogP contribution < -0.4 is 10.2 Å². The number of hydrogen-bond donors (Lipinski definition) is 1. The molecule has 3 heterocycles.